The molecule has 0 rings (SSSR count). The molecule has 18 heteroatoms. The van der Waals surface area contributed by atoms with Gasteiger partial charge in [-0.3, -0.25) is 28.8 Å². The van der Waals surface area contributed by atoms with Crippen LogP contribution in [0.25, 0.3) is 0 Å². The van der Waals surface area contributed by atoms with E-state index in [9.17, 15) is 28.8 Å². The fourth-order valence-corrected chi connectivity index (χ4v) is 6.74. The first-order chi connectivity index (χ1) is 35.6. The maximum Gasteiger partial charge on any atom is 0.305 e. The molecule has 0 fully saturated rings. The lowest BCUT2D eigenvalue weighted by atomic mass is 10.1. The number of carbonyl (C=O) groups excluding carboxylic acids is 6. The smallest absolute Gasteiger partial charge is 0.305 e. The molecule has 0 saturated heterocycles. The molecule has 0 spiro atoms. The highest BCUT2D eigenvalue weighted by molar-refractivity contribution is 5.70. The molecule has 0 aromatic carbocycles. The van der Waals surface area contributed by atoms with Crippen molar-refractivity contribution >= 4 is 35.8 Å². The predicted octanol–water partition coefficient (Wildman–Crippen LogP) is 9.51. The summed E-state index contributed by atoms with van der Waals surface area (Å²) in [5, 5.41) is 43.0. The zero-order chi connectivity index (χ0) is 54.4. The summed E-state index contributed by atoms with van der Waals surface area (Å²) in [4.78, 5) is 68.4. The summed E-state index contributed by atoms with van der Waals surface area (Å²) >= 11 is 0. The Hall–Kier alpha value is -3.42. The van der Waals surface area contributed by atoms with E-state index in [0.717, 1.165) is 122 Å². The van der Waals surface area contributed by atoms with Crippen molar-refractivity contribution in [1.82, 2.24) is 0 Å². The van der Waals surface area contributed by atoms with Gasteiger partial charge in [0.15, 0.2) is 0 Å². The number of hydrogen-bond donors (Lipinski definition) is 5. The van der Waals surface area contributed by atoms with Gasteiger partial charge in [0.25, 0.3) is 0 Å². The SMILES string of the molecule is C.COCCCOC(=O)CCCCCCCCCCC(=O)OCCCCO.O=C(CCCCCCCC(=O)OCCCCO)OCCCCO.O=C(CCCCCCCCC(=O)OCCCCO)OCCCCO. The van der Waals surface area contributed by atoms with E-state index >= 15 is 0 Å². The molecular formula is C56H108O18. The van der Waals surface area contributed by atoms with E-state index in [-0.39, 0.29) is 76.3 Å². The number of carbonyl (C=O) groups is 6. The van der Waals surface area contributed by atoms with Gasteiger partial charge in [-0.25, -0.2) is 0 Å². The van der Waals surface area contributed by atoms with E-state index < -0.39 is 0 Å². The van der Waals surface area contributed by atoms with Crippen LogP contribution in [0.1, 0.15) is 239 Å². The molecule has 440 valence electrons. The summed E-state index contributed by atoms with van der Waals surface area (Å²) in [6.07, 6.45) is 29.3. The van der Waals surface area contributed by atoms with Crippen LogP contribution in [-0.2, 0) is 61.9 Å². The second-order valence-electron chi connectivity index (χ2n) is 18.0. The average Bonchev–Trinajstić information content (AvgIpc) is 3.38. The molecule has 0 bridgehead atoms. The Bertz CT molecular complexity index is 1130. The van der Waals surface area contributed by atoms with Crippen molar-refractivity contribution < 1.29 is 87.5 Å². The molecule has 0 saturated carbocycles. The molecule has 0 aliphatic rings. The quantitative estimate of drug-likeness (QED) is 0.0215. The Balaban J connectivity index is -0.000000494. The minimum atomic E-state index is -0.172. The normalized spacial score (nSPS) is 10.5. The van der Waals surface area contributed by atoms with Gasteiger partial charge < -0.3 is 58.7 Å². The fraction of sp³-hybridized carbons (Fsp3) is 0.893. The van der Waals surface area contributed by atoms with Gasteiger partial charge in [0.2, 0.25) is 0 Å². The van der Waals surface area contributed by atoms with E-state index in [1.54, 1.807) is 7.11 Å². The van der Waals surface area contributed by atoms with Gasteiger partial charge in [-0.1, -0.05) is 90.9 Å². The van der Waals surface area contributed by atoms with Crippen molar-refractivity contribution in [2.45, 2.75) is 239 Å². The molecule has 0 atom stereocenters. The van der Waals surface area contributed by atoms with Gasteiger partial charge >= 0.3 is 35.8 Å². The molecule has 0 unspecified atom stereocenters. The van der Waals surface area contributed by atoms with E-state index in [2.05, 4.69) is 0 Å². The number of aliphatic hydroxyl groups excluding tert-OH is 5. The molecule has 0 amide bonds. The van der Waals surface area contributed by atoms with Gasteiger partial charge in [-0.05, 0) is 103 Å². The topological polar surface area (TPSA) is 268 Å². The highest BCUT2D eigenvalue weighted by atomic mass is 16.6. The average molecular weight is 1070 g/mol. The number of esters is 6. The van der Waals surface area contributed by atoms with Crippen molar-refractivity contribution in [3.05, 3.63) is 0 Å². The van der Waals surface area contributed by atoms with E-state index in [4.69, 9.17) is 58.7 Å². The van der Waals surface area contributed by atoms with Crippen LogP contribution < -0.4 is 0 Å². The van der Waals surface area contributed by atoms with Crippen molar-refractivity contribution in [2.24, 2.45) is 0 Å². The molecule has 18 nitrogen and oxygen atoms in total. The third-order valence-electron chi connectivity index (χ3n) is 11.1. The third-order valence-corrected chi connectivity index (χ3v) is 11.1. The largest absolute Gasteiger partial charge is 0.466 e. The van der Waals surface area contributed by atoms with E-state index in [1.165, 1.54) is 12.8 Å². The van der Waals surface area contributed by atoms with Crippen molar-refractivity contribution in [3.63, 3.8) is 0 Å². The molecule has 0 heterocycles. The summed E-state index contributed by atoms with van der Waals surface area (Å²) in [7, 11) is 1.64. The van der Waals surface area contributed by atoms with Crippen LogP contribution in [0.3, 0.4) is 0 Å². The number of rotatable bonds is 52. The Morgan fingerprint density at radius 2 is 0.392 bits per heavy atom. The highest BCUT2D eigenvalue weighted by Gasteiger charge is 2.08. The monoisotopic (exact) mass is 1070 g/mol. The Morgan fingerprint density at radius 3 is 0.554 bits per heavy atom. The number of unbranched alkanes of at least 4 members (excludes halogenated alkanes) is 21. The van der Waals surface area contributed by atoms with Crippen LogP contribution in [0, 0.1) is 0 Å². The van der Waals surface area contributed by atoms with Gasteiger partial charge in [-0.2, -0.15) is 0 Å². The zero-order valence-electron chi connectivity index (χ0n) is 45.5. The summed E-state index contributed by atoms with van der Waals surface area (Å²) in [6.45, 7) is 3.75. The van der Waals surface area contributed by atoms with Crippen molar-refractivity contribution in [1.29, 1.82) is 0 Å². The highest BCUT2D eigenvalue weighted by Crippen LogP contribution is 2.13. The molecule has 0 aromatic rings. The summed E-state index contributed by atoms with van der Waals surface area (Å²) in [5.41, 5.74) is 0. The standard InChI is InChI=1S/C20H38O6.C18H34O6.C17H32O6.CH4/c1-24-16-12-18-26-20(23)14-9-7-5-3-2-4-6-8-13-19(22)25-17-11-10-15-21;19-13-7-9-15-23-17(21)11-5-3-1-2-4-6-12-18(22)24-16-10-8-14-20;18-12-6-8-14-22-16(20)10-4-2-1-3-5-11-17(21)23-15-9-7-13-19;/h21H,2-18H2,1H3;19-20H,1-16H2;18-19H,1-15H2;1H4. The van der Waals surface area contributed by atoms with Gasteiger partial charge in [0.05, 0.1) is 39.6 Å². The van der Waals surface area contributed by atoms with Gasteiger partial charge in [-0.15, -0.1) is 0 Å². The van der Waals surface area contributed by atoms with E-state index in [0.29, 0.717) is 143 Å². The summed E-state index contributed by atoms with van der Waals surface area (Å²) in [6, 6.07) is 0. The maximum absolute atomic E-state index is 11.5. The van der Waals surface area contributed by atoms with Crippen molar-refractivity contribution in [3.8, 4) is 0 Å². The molecule has 0 aromatic heterocycles. The van der Waals surface area contributed by atoms with Crippen LogP contribution in [0.4, 0.5) is 0 Å². The van der Waals surface area contributed by atoms with Crippen LogP contribution in [0.15, 0.2) is 0 Å². The number of aliphatic hydroxyl groups is 5. The molecule has 0 aliphatic carbocycles. The molecule has 0 radical (unpaired) electrons. The van der Waals surface area contributed by atoms with Gasteiger partial charge in [0, 0.05) is 91.7 Å². The van der Waals surface area contributed by atoms with Crippen LogP contribution in [-0.4, -0.2) is 148 Å². The lowest BCUT2D eigenvalue weighted by molar-refractivity contribution is -0.145. The fourth-order valence-electron chi connectivity index (χ4n) is 6.74. The Morgan fingerprint density at radius 1 is 0.230 bits per heavy atom. The number of hydrogen-bond acceptors (Lipinski definition) is 18. The minimum absolute atomic E-state index is 0. The number of methoxy groups -OCH3 is 1. The first kappa shape index (κ1) is 77.1. The van der Waals surface area contributed by atoms with Crippen molar-refractivity contribution in [2.75, 3.05) is 86.4 Å². The predicted molar refractivity (Wildman–Crippen MR) is 286 cm³/mol. The Kier molecular flexibility index (Phi) is 70.4. The second kappa shape index (κ2) is 67.6. The van der Waals surface area contributed by atoms with Crippen LogP contribution in [0.2, 0.25) is 0 Å². The lowest BCUT2D eigenvalue weighted by Gasteiger charge is -2.05. The Labute approximate surface area is 447 Å². The molecule has 5 N–H and O–H groups in total. The first-order valence-corrected chi connectivity index (χ1v) is 28.1. The third kappa shape index (κ3) is 70.7. The summed E-state index contributed by atoms with van der Waals surface area (Å²) < 4.78 is 35.2. The first-order valence-electron chi connectivity index (χ1n) is 28.1. The zero-order valence-corrected chi connectivity index (χ0v) is 45.5. The van der Waals surface area contributed by atoms with Gasteiger partial charge in [0.1, 0.15) is 0 Å². The molecule has 0 aliphatic heterocycles. The number of ether oxygens (including phenoxy) is 7. The molecule has 74 heavy (non-hydrogen) atoms. The molecular weight excluding hydrogens is 961 g/mol. The second-order valence-corrected chi connectivity index (χ2v) is 18.0. The maximum atomic E-state index is 11.5. The summed E-state index contributed by atoms with van der Waals surface area (Å²) in [5.74, 6) is -0.890. The van der Waals surface area contributed by atoms with Crippen LogP contribution >= 0.6 is 0 Å². The van der Waals surface area contributed by atoms with E-state index in [1.807, 2.05) is 0 Å². The lowest BCUT2D eigenvalue weighted by Crippen LogP contribution is -2.07. The minimum Gasteiger partial charge on any atom is -0.466 e. The van der Waals surface area contributed by atoms with Crippen LogP contribution in [0.5, 0.6) is 0 Å².